The zero-order valence-electron chi connectivity index (χ0n) is 6.10. The smallest absolute Gasteiger partial charge is 0.0647 e. The molecule has 0 aliphatic carbocycles. The van der Waals surface area contributed by atoms with Gasteiger partial charge in [-0.2, -0.15) is 0 Å². The molecule has 0 amide bonds. The van der Waals surface area contributed by atoms with Gasteiger partial charge in [0.15, 0.2) is 0 Å². The van der Waals surface area contributed by atoms with E-state index >= 15 is 0 Å². The zero-order chi connectivity index (χ0) is 6.95. The fraction of sp³-hybridized carbons (Fsp3) is 0.625. The van der Waals surface area contributed by atoms with Crippen LogP contribution in [0.1, 0.15) is 19.8 Å². The van der Waals surface area contributed by atoms with Gasteiger partial charge in [0.2, 0.25) is 0 Å². The molecule has 1 heteroatoms. The number of rotatable bonds is 5. The third kappa shape index (κ3) is 7.70. The van der Waals surface area contributed by atoms with E-state index in [4.69, 9.17) is 4.74 Å². The van der Waals surface area contributed by atoms with Crippen LogP contribution >= 0.6 is 0 Å². The van der Waals surface area contributed by atoms with Crippen LogP contribution in [0.4, 0.5) is 0 Å². The summed E-state index contributed by atoms with van der Waals surface area (Å²) in [7, 11) is 0. The number of unbranched alkanes of at least 4 members (excludes halogenated alkanes) is 1. The van der Waals surface area contributed by atoms with Gasteiger partial charge in [0, 0.05) is 6.61 Å². The lowest BCUT2D eigenvalue weighted by Gasteiger charge is -1.96. The Labute approximate surface area is 57.7 Å². The average Bonchev–Trinajstić information content (AvgIpc) is 1.89. The van der Waals surface area contributed by atoms with E-state index in [1.807, 2.05) is 19.1 Å². The van der Waals surface area contributed by atoms with Gasteiger partial charge in [-0.1, -0.05) is 25.5 Å². The second kappa shape index (κ2) is 7.70. The van der Waals surface area contributed by atoms with Crippen LogP contribution < -0.4 is 0 Å². The summed E-state index contributed by atoms with van der Waals surface area (Å²) in [4.78, 5) is 0. The van der Waals surface area contributed by atoms with Crippen LogP contribution in [0.25, 0.3) is 0 Å². The van der Waals surface area contributed by atoms with Crippen molar-refractivity contribution in [1.82, 2.24) is 0 Å². The SMILES string of the molecule is [CH2]CCCOCC=CC. The van der Waals surface area contributed by atoms with Gasteiger partial charge in [0.05, 0.1) is 6.61 Å². The summed E-state index contributed by atoms with van der Waals surface area (Å²) in [5.74, 6) is 0. The number of hydrogen-bond donors (Lipinski definition) is 0. The molecular formula is C8H15O. The molecular weight excluding hydrogens is 112 g/mol. The van der Waals surface area contributed by atoms with E-state index in [0.717, 1.165) is 26.1 Å². The summed E-state index contributed by atoms with van der Waals surface area (Å²) in [6, 6.07) is 0. The lowest BCUT2D eigenvalue weighted by atomic mass is 10.4. The summed E-state index contributed by atoms with van der Waals surface area (Å²) in [5.41, 5.74) is 0. The van der Waals surface area contributed by atoms with Crippen molar-refractivity contribution in [1.29, 1.82) is 0 Å². The summed E-state index contributed by atoms with van der Waals surface area (Å²) >= 11 is 0. The van der Waals surface area contributed by atoms with Crippen LogP contribution in [-0.4, -0.2) is 13.2 Å². The van der Waals surface area contributed by atoms with Crippen molar-refractivity contribution < 1.29 is 4.74 Å². The lowest BCUT2D eigenvalue weighted by Crippen LogP contribution is -1.92. The Hall–Kier alpha value is -0.300. The molecule has 53 valence electrons. The Kier molecular flexibility index (Phi) is 7.44. The second-order valence-corrected chi connectivity index (χ2v) is 1.85. The molecule has 0 spiro atoms. The normalized spacial score (nSPS) is 10.9. The lowest BCUT2D eigenvalue weighted by molar-refractivity contribution is 0.160. The minimum atomic E-state index is 0.747. The van der Waals surface area contributed by atoms with Gasteiger partial charge in [-0.15, -0.1) is 0 Å². The summed E-state index contributed by atoms with van der Waals surface area (Å²) in [5, 5.41) is 0. The van der Waals surface area contributed by atoms with Gasteiger partial charge < -0.3 is 4.74 Å². The first-order valence-corrected chi connectivity index (χ1v) is 3.40. The average molecular weight is 127 g/mol. The zero-order valence-corrected chi connectivity index (χ0v) is 6.10. The van der Waals surface area contributed by atoms with Crippen molar-refractivity contribution in [2.75, 3.05) is 13.2 Å². The Morgan fingerprint density at radius 3 is 2.89 bits per heavy atom. The maximum Gasteiger partial charge on any atom is 0.0647 e. The molecule has 0 aromatic heterocycles. The highest BCUT2D eigenvalue weighted by Gasteiger charge is 1.80. The van der Waals surface area contributed by atoms with Crippen molar-refractivity contribution in [3.63, 3.8) is 0 Å². The predicted octanol–water partition coefficient (Wildman–Crippen LogP) is 2.19. The summed E-state index contributed by atoms with van der Waals surface area (Å²) in [6.45, 7) is 7.28. The van der Waals surface area contributed by atoms with Crippen molar-refractivity contribution in [3.05, 3.63) is 19.1 Å². The molecule has 0 aromatic rings. The molecule has 0 N–H and O–H groups in total. The van der Waals surface area contributed by atoms with Gasteiger partial charge in [0.1, 0.15) is 0 Å². The fourth-order valence-electron chi connectivity index (χ4n) is 0.452. The van der Waals surface area contributed by atoms with Crippen molar-refractivity contribution in [3.8, 4) is 0 Å². The molecule has 0 heterocycles. The van der Waals surface area contributed by atoms with Gasteiger partial charge in [0.25, 0.3) is 0 Å². The van der Waals surface area contributed by atoms with E-state index < -0.39 is 0 Å². The van der Waals surface area contributed by atoms with Gasteiger partial charge >= 0.3 is 0 Å². The first-order chi connectivity index (χ1) is 4.41. The van der Waals surface area contributed by atoms with Crippen LogP contribution in [0.2, 0.25) is 0 Å². The molecule has 9 heavy (non-hydrogen) atoms. The van der Waals surface area contributed by atoms with Gasteiger partial charge in [-0.05, 0) is 13.3 Å². The standard InChI is InChI=1S/C8H15O/c1-3-5-7-9-8-6-4-2/h4,6H,1,3,5,7-8H2,2H3. The number of hydrogen-bond acceptors (Lipinski definition) is 1. The monoisotopic (exact) mass is 127 g/mol. The van der Waals surface area contributed by atoms with Crippen molar-refractivity contribution in [2.45, 2.75) is 19.8 Å². The molecule has 0 saturated carbocycles. The molecule has 0 atom stereocenters. The van der Waals surface area contributed by atoms with Gasteiger partial charge in [-0.3, -0.25) is 0 Å². The second-order valence-electron chi connectivity index (χ2n) is 1.85. The summed E-state index contributed by atoms with van der Waals surface area (Å²) in [6.07, 6.45) is 6.03. The van der Waals surface area contributed by atoms with E-state index in [1.54, 1.807) is 0 Å². The Bertz CT molecular complexity index is 67.0. The largest absolute Gasteiger partial charge is 0.377 e. The Morgan fingerprint density at radius 2 is 2.33 bits per heavy atom. The van der Waals surface area contributed by atoms with Gasteiger partial charge in [-0.25, -0.2) is 0 Å². The molecule has 1 radical (unpaired) electrons. The van der Waals surface area contributed by atoms with E-state index in [2.05, 4.69) is 6.92 Å². The van der Waals surface area contributed by atoms with Crippen molar-refractivity contribution >= 4 is 0 Å². The minimum Gasteiger partial charge on any atom is -0.377 e. The molecule has 0 bridgehead atoms. The topological polar surface area (TPSA) is 9.23 Å². The molecule has 1 nitrogen and oxygen atoms in total. The summed E-state index contributed by atoms with van der Waals surface area (Å²) < 4.78 is 5.19. The van der Waals surface area contributed by atoms with Crippen LogP contribution in [0.15, 0.2) is 12.2 Å². The van der Waals surface area contributed by atoms with Crippen LogP contribution in [0, 0.1) is 6.92 Å². The molecule has 0 rings (SSSR count). The molecule has 0 aliphatic rings. The fourth-order valence-corrected chi connectivity index (χ4v) is 0.452. The highest BCUT2D eigenvalue weighted by molar-refractivity contribution is 4.75. The highest BCUT2D eigenvalue weighted by Crippen LogP contribution is 1.86. The van der Waals surface area contributed by atoms with E-state index in [1.165, 1.54) is 0 Å². The highest BCUT2D eigenvalue weighted by atomic mass is 16.5. The van der Waals surface area contributed by atoms with E-state index in [-0.39, 0.29) is 0 Å². The van der Waals surface area contributed by atoms with E-state index in [0.29, 0.717) is 0 Å². The maximum absolute atomic E-state index is 5.19. The van der Waals surface area contributed by atoms with E-state index in [9.17, 15) is 0 Å². The molecule has 0 fully saturated rings. The van der Waals surface area contributed by atoms with Crippen LogP contribution in [-0.2, 0) is 4.74 Å². The number of ether oxygens (including phenoxy) is 1. The Morgan fingerprint density at radius 1 is 1.56 bits per heavy atom. The molecule has 0 saturated heterocycles. The Balaban J connectivity index is 2.75. The van der Waals surface area contributed by atoms with Crippen LogP contribution in [0.3, 0.4) is 0 Å². The molecule has 0 aromatic carbocycles. The first kappa shape index (κ1) is 8.70. The first-order valence-electron chi connectivity index (χ1n) is 3.40. The third-order valence-corrected chi connectivity index (χ3v) is 0.988. The quantitative estimate of drug-likeness (QED) is 0.406. The molecule has 0 aliphatic heterocycles. The number of allylic oxidation sites excluding steroid dienone is 1. The third-order valence-electron chi connectivity index (χ3n) is 0.988. The minimum absolute atomic E-state index is 0.747. The van der Waals surface area contributed by atoms with Crippen molar-refractivity contribution in [2.24, 2.45) is 0 Å². The molecule has 0 unspecified atom stereocenters. The maximum atomic E-state index is 5.19. The predicted molar refractivity (Wildman–Crippen MR) is 40.2 cm³/mol. The van der Waals surface area contributed by atoms with Crippen LogP contribution in [0.5, 0.6) is 0 Å².